The van der Waals surface area contributed by atoms with Gasteiger partial charge in [-0.1, -0.05) is 200 Å². The Morgan fingerprint density at radius 3 is 1.61 bits per heavy atom. The van der Waals surface area contributed by atoms with Crippen LogP contribution in [0.5, 0.6) is 0 Å². The fourth-order valence-corrected chi connectivity index (χ4v) is 11.7. The molecule has 2 rings (SSSR count). The number of thioether (sulfide) groups is 1. The number of esters is 2. The molecule has 0 bridgehead atoms. The summed E-state index contributed by atoms with van der Waals surface area (Å²) in [4.78, 5) is 71.8. The molecule has 5 atom stereocenters. The highest BCUT2D eigenvalue weighted by atomic mass is 32.2. The molecule has 0 aromatic rings. The van der Waals surface area contributed by atoms with Crippen molar-refractivity contribution in [2.75, 3.05) is 58.5 Å². The fraction of sp³-hybridized carbons (Fsp3) is 0.911. The van der Waals surface area contributed by atoms with Crippen molar-refractivity contribution in [1.29, 1.82) is 0 Å². The number of rotatable bonds is 53. The summed E-state index contributed by atoms with van der Waals surface area (Å²) in [5, 5.41) is 11.5. The van der Waals surface area contributed by atoms with Gasteiger partial charge >= 0.3 is 31.9 Å². The molecule has 5 unspecified atom stereocenters. The second-order valence-corrected chi connectivity index (χ2v) is 23.4. The van der Waals surface area contributed by atoms with Crippen molar-refractivity contribution in [1.82, 2.24) is 21.3 Å². The highest BCUT2D eigenvalue weighted by Crippen LogP contribution is 2.43. The number of hydrogen-bond acceptors (Lipinski definition) is 13. The Kier molecular flexibility index (Phi) is 43.3. The molecule has 2 aliphatic heterocycles. The predicted octanol–water partition coefficient (Wildman–Crippen LogP) is 12.7. The summed E-state index contributed by atoms with van der Waals surface area (Å²) in [6.07, 6.45) is 38.0. The topological polar surface area (TPSA) is 226 Å². The molecule has 75 heavy (non-hydrogen) atoms. The molecule has 2 aliphatic rings. The van der Waals surface area contributed by atoms with Gasteiger partial charge in [0.05, 0.1) is 38.5 Å². The van der Waals surface area contributed by atoms with Crippen LogP contribution in [0, 0.1) is 0 Å². The van der Waals surface area contributed by atoms with Gasteiger partial charge in [0.2, 0.25) is 5.91 Å². The Morgan fingerprint density at radius 1 is 0.573 bits per heavy atom. The van der Waals surface area contributed by atoms with Crippen LogP contribution in [0.1, 0.15) is 245 Å². The zero-order valence-corrected chi connectivity index (χ0v) is 48.5. The Balaban J connectivity index is 1.58. The molecule has 2 heterocycles. The SMILES string of the molecule is CCCCCCCCCCCCCCCCCC(=O)OCC(COP(=O)(O)OCCNC(=O)OCCOCCNC(=O)CCCCC1SCC2NC(=O)NC21)OC(=O)CCCCCCCCCCCCCCCCC. The number of carbonyl (C=O) groups excluding carboxylic acids is 5. The van der Waals surface area contributed by atoms with Crippen molar-refractivity contribution in [2.24, 2.45) is 0 Å². The molecule has 0 spiro atoms. The van der Waals surface area contributed by atoms with Crippen molar-refractivity contribution < 1.29 is 61.4 Å². The van der Waals surface area contributed by atoms with Gasteiger partial charge < -0.3 is 45.1 Å². The van der Waals surface area contributed by atoms with Crippen LogP contribution in [0.15, 0.2) is 0 Å². The average molecular weight is 1110 g/mol. The van der Waals surface area contributed by atoms with Gasteiger partial charge in [-0.25, -0.2) is 14.2 Å². The molecule has 0 saturated carbocycles. The minimum atomic E-state index is -4.65. The Labute approximate surface area is 457 Å². The number of carbonyl (C=O) groups is 5. The molecule has 438 valence electrons. The van der Waals surface area contributed by atoms with E-state index in [4.69, 9.17) is 28.0 Å². The number of phosphoric ester groups is 1. The van der Waals surface area contributed by atoms with Gasteiger partial charge in [0.1, 0.15) is 13.2 Å². The van der Waals surface area contributed by atoms with Crippen LogP contribution in [0.2, 0.25) is 0 Å². The Bertz CT molecular complexity index is 1520. The molecule has 17 nitrogen and oxygen atoms in total. The number of alkyl carbamates (subject to hydrolysis) is 1. The molecule has 2 fully saturated rings. The van der Waals surface area contributed by atoms with Crippen LogP contribution in [-0.4, -0.2) is 117 Å². The normalized spacial score (nSPS) is 17.2. The summed E-state index contributed by atoms with van der Waals surface area (Å²) in [6, 6.07) is 0.262. The summed E-state index contributed by atoms with van der Waals surface area (Å²) in [6.45, 7) is 3.71. The third kappa shape index (κ3) is 40.3. The van der Waals surface area contributed by atoms with Crippen LogP contribution in [0.25, 0.3) is 0 Å². The Hall–Kier alpha value is -2.63. The van der Waals surface area contributed by atoms with Gasteiger partial charge in [-0.15, -0.1) is 0 Å². The van der Waals surface area contributed by atoms with E-state index >= 15 is 0 Å². The number of phosphoric acid groups is 1. The summed E-state index contributed by atoms with van der Waals surface area (Å²) >= 11 is 1.86. The first kappa shape index (κ1) is 68.5. The molecule has 5 N–H and O–H groups in total. The summed E-state index contributed by atoms with van der Waals surface area (Å²) < 4.78 is 44.4. The van der Waals surface area contributed by atoms with E-state index in [0.717, 1.165) is 63.5 Å². The van der Waals surface area contributed by atoms with Gasteiger partial charge in [0.25, 0.3) is 0 Å². The van der Waals surface area contributed by atoms with Gasteiger partial charge in [0, 0.05) is 43.4 Å². The smallest absolute Gasteiger partial charge is 0.462 e. The number of unbranched alkanes of at least 4 members (excludes halogenated alkanes) is 29. The number of fused-ring (bicyclic) bond motifs is 1. The van der Waals surface area contributed by atoms with E-state index in [1.165, 1.54) is 141 Å². The van der Waals surface area contributed by atoms with Gasteiger partial charge in [-0.05, 0) is 25.7 Å². The molecule has 2 saturated heterocycles. The standard InChI is InChI=1S/C56H105N4O13PS/c1-3-5-7-9-11-13-15-17-19-21-23-25-27-29-31-37-52(62)70-45-48(73-53(63)38-32-30-28-26-24-22-20-18-16-14-12-10-8-6-4-2)46-72-74(66,67)71-42-40-58-56(65)69-44-43-68-41-39-57-51(61)36-34-33-35-50-54-49(47-75-50)59-55(64)60-54/h48-50,54H,3-47H2,1-2H3,(H,57,61)(H,58,65)(H,66,67)(H2,59,60,64). The van der Waals surface area contributed by atoms with Crippen molar-refractivity contribution >= 4 is 49.6 Å². The molecule has 0 aromatic heterocycles. The lowest BCUT2D eigenvalue weighted by atomic mass is 10.0. The minimum Gasteiger partial charge on any atom is -0.462 e. The number of urea groups is 1. The largest absolute Gasteiger partial charge is 0.472 e. The van der Waals surface area contributed by atoms with Crippen molar-refractivity contribution in [3.05, 3.63) is 0 Å². The molecule has 0 aliphatic carbocycles. The zero-order valence-electron chi connectivity index (χ0n) is 46.8. The van der Waals surface area contributed by atoms with Crippen molar-refractivity contribution in [3.63, 3.8) is 0 Å². The molecule has 0 aromatic carbocycles. The van der Waals surface area contributed by atoms with Gasteiger partial charge in [0.15, 0.2) is 6.10 Å². The van der Waals surface area contributed by atoms with E-state index in [1.807, 2.05) is 11.8 Å². The van der Waals surface area contributed by atoms with Crippen LogP contribution in [0.4, 0.5) is 9.59 Å². The van der Waals surface area contributed by atoms with Crippen LogP contribution < -0.4 is 21.3 Å². The van der Waals surface area contributed by atoms with Crippen molar-refractivity contribution in [2.45, 2.75) is 268 Å². The maximum Gasteiger partial charge on any atom is 0.472 e. The van der Waals surface area contributed by atoms with Crippen LogP contribution in [0.3, 0.4) is 0 Å². The first-order valence-electron chi connectivity index (χ1n) is 29.9. The van der Waals surface area contributed by atoms with E-state index in [-0.39, 0.29) is 76.4 Å². The second-order valence-electron chi connectivity index (χ2n) is 20.7. The number of nitrogens with one attached hydrogen (secondary N) is 4. The highest BCUT2D eigenvalue weighted by molar-refractivity contribution is 8.00. The molecular formula is C56H105N4O13PS. The zero-order chi connectivity index (χ0) is 54.3. The number of ether oxygens (including phenoxy) is 4. The van der Waals surface area contributed by atoms with Crippen molar-refractivity contribution in [3.8, 4) is 0 Å². The quantitative estimate of drug-likeness (QED) is 0.0126. The van der Waals surface area contributed by atoms with E-state index in [1.54, 1.807) is 0 Å². The van der Waals surface area contributed by atoms with Gasteiger partial charge in [-0.2, -0.15) is 11.8 Å². The minimum absolute atomic E-state index is 0.0527. The van der Waals surface area contributed by atoms with E-state index in [0.29, 0.717) is 31.1 Å². The first-order chi connectivity index (χ1) is 36.5. The highest BCUT2D eigenvalue weighted by Gasteiger charge is 2.42. The van der Waals surface area contributed by atoms with E-state index in [2.05, 4.69) is 35.1 Å². The Morgan fingerprint density at radius 2 is 1.07 bits per heavy atom. The summed E-state index contributed by atoms with van der Waals surface area (Å²) in [5.41, 5.74) is 0. The number of hydrogen-bond donors (Lipinski definition) is 5. The van der Waals surface area contributed by atoms with Crippen LogP contribution in [-0.2, 0) is 46.9 Å². The molecular weight excluding hydrogens is 1000 g/mol. The average Bonchev–Trinajstić information content (AvgIpc) is 3.95. The fourth-order valence-electron chi connectivity index (χ4n) is 9.40. The number of amides is 4. The lowest BCUT2D eigenvalue weighted by molar-refractivity contribution is -0.161. The van der Waals surface area contributed by atoms with E-state index < -0.39 is 38.6 Å². The molecule has 4 amide bonds. The van der Waals surface area contributed by atoms with Gasteiger partial charge in [-0.3, -0.25) is 23.4 Å². The van der Waals surface area contributed by atoms with Crippen LogP contribution >= 0.6 is 19.6 Å². The third-order valence-electron chi connectivity index (χ3n) is 13.9. The summed E-state index contributed by atoms with van der Waals surface area (Å²) in [5.74, 6) is -0.0790. The molecule has 0 radical (unpaired) electrons. The predicted molar refractivity (Wildman–Crippen MR) is 299 cm³/mol. The monoisotopic (exact) mass is 1100 g/mol. The summed E-state index contributed by atoms with van der Waals surface area (Å²) in [7, 11) is -4.65. The first-order valence-corrected chi connectivity index (χ1v) is 32.5. The lowest BCUT2D eigenvalue weighted by Crippen LogP contribution is -2.36. The lowest BCUT2D eigenvalue weighted by Gasteiger charge is -2.20. The third-order valence-corrected chi connectivity index (χ3v) is 16.3. The maximum absolute atomic E-state index is 12.9. The molecule has 19 heteroatoms. The second kappa shape index (κ2) is 47.4. The van der Waals surface area contributed by atoms with E-state index in [9.17, 15) is 33.4 Å². The maximum atomic E-state index is 12.9.